The molecule has 0 aromatic heterocycles. The number of ether oxygens (including phenoxy) is 3. The van der Waals surface area contributed by atoms with Gasteiger partial charge in [0.05, 0.1) is 20.8 Å². The van der Waals surface area contributed by atoms with Crippen molar-refractivity contribution < 1.29 is 14.2 Å². The first-order chi connectivity index (χ1) is 12.2. The monoisotopic (exact) mass is 360 g/mol. The molecule has 0 saturated carbocycles. The lowest BCUT2D eigenvalue weighted by Crippen LogP contribution is -2.30. The molecule has 0 heterocycles. The fraction of sp³-hybridized carbons (Fsp3) is 0.316. The molecule has 0 spiro atoms. The molecule has 5 nitrogen and oxygen atoms in total. The van der Waals surface area contributed by atoms with Crippen molar-refractivity contribution in [2.75, 3.05) is 32.7 Å². The Hall–Kier alpha value is -2.47. The molecule has 0 amide bonds. The van der Waals surface area contributed by atoms with E-state index in [9.17, 15) is 0 Å². The predicted octanol–water partition coefficient (Wildman–Crippen LogP) is 3.63. The minimum absolute atomic E-state index is 0.575. The number of anilines is 1. The standard InChI is InChI=1S/C19H24N2O3S/c1-4-24-17-9-8-14(12-18(17)23-3)10-11-20-19(25)21-15-6-5-7-16(13-15)22-2/h5-9,12-13H,4,10-11H2,1-3H3,(H2,20,21,25). The van der Waals surface area contributed by atoms with Crippen molar-refractivity contribution in [3.05, 3.63) is 48.0 Å². The van der Waals surface area contributed by atoms with Gasteiger partial charge in [0.25, 0.3) is 0 Å². The molecule has 0 unspecified atom stereocenters. The summed E-state index contributed by atoms with van der Waals surface area (Å²) in [6.45, 7) is 3.28. The highest BCUT2D eigenvalue weighted by molar-refractivity contribution is 7.80. The molecule has 0 aliphatic rings. The van der Waals surface area contributed by atoms with E-state index in [2.05, 4.69) is 10.6 Å². The summed E-state index contributed by atoms with van der Waals surface area (Å²) >= 11 is 5.33. The number of hydrogen-bond donors (Lipinski definition) is 2. The molecule has 25 heavy (non-hydrogen) atoms. The van der Waals surface area contributed by atoms with E-state index in [0.717, 1.165) is 34.9 Å². The van der Waals surface area contributed by atoms with Crippen LogP contribution in [0.1, 0.15) is 12.5 Å². The molecule has 0 fully saturated rings. The Morgan fingerprint density at radius 3 is 2.60 bits per heavy atom. The molecule has 2 aromatic rings. The number of thiocarbonyl (C=S) groups is 1. The van der Waals surface area contributed by atoms with E-state index in [4.69, 9.17) is 26.4 Å². The molecule has 2 N–H and O–H groups in total. The van der Waals surface area contributed by atoms with Crippen LogP contribution >= 0.6 is 12.2 Å². The average Bonchev–Trinajstić information content (AvgIpc) is 2.63. The van der Waals surface area contributed by atoms with Crippen molar-refractivity contribution in [1.29, 1.82) is 0 Å². The van der Waals surface area contributed by atoms with E-state index in [1.54, 1.807) is 14.2 Å². The highest BCUT2D eigenvalue weighted by Gasteiger charge is 2.05. The van der Waals surface area contributed by atoms with Gasteiger partial charge in [-0.2, -0.15) is 0 Å². The molecule has 6 heteroatoms. The van der Waals surface area contributed by atoms with Crippen LogP contribution in [-0.4, -0.2) is 32.5 Å². The average molecular weight is 360 g/mol. The van der Waals surface area contributed by atoms with Gasteiger partial charge in [0.15, 0.2) is 16.6 Å². The maximum absolute atomic E-state index is 5.53. The van der Waals surface area contributed by atoms with Crippen LogP contribution in [0.3, 0.4) is 0 Å². The molecule has 0 aliphatic heterocycles. The van der Waals surface area contributed by atoms with Gasteiger partial charge in [-0.25, -0.2) is 0 Å². The Bertz CT molecular complexity index is 707. The highest BCUT2D eigenvalue weighted by atomic mass is 32.1. The third kappa shape index (κ3) is 5.83. The molecule has 0 radical (unpaired) electrons. The zero-order valence-electron chi connectivity index (χ0n) is 14.8. The summed E-state index contributed by atoms with van der Waals surface area (Å²) in [4.78, 5) is 0. The largest absolute Gasteiger partial charge is 0.497 e. The minimum Gasteiger partial charge on any atom is -0.497 e. The van der Waals surface area contributed by atoms with Crippen LogP contribution in [0, 0.1) is 0 Å². The van der Waals surface area contributed by atoms with Crippen molar-refractivity contribution in [2.45, 2.75) is 13.3 Å². The van der Waals surface area contributed by atoms with Gasteiger partial charge in [0.1, 0.15) is 5.75 Å². The van der Waals surface area contributed by atoms with Crippen molar-refractivity contribution in [3.63, 3.8) is 0 Å². The first kappa shape index (κ1) is 18.9. The summed E-state index contributed by atoms with van der Waals surface area (Å²) in [5.41, 5.74) is 2.04. The van der Waals surface area contributed by atoms with Crippen LogP contribution in [0.4, 0.5) is 5.69 Å². The van der Waals surface area contributed by atoms with Crippen LogP contribution in [0.5, 0.6) is 17.2 Å². The molecule has 0 bridgehead atoms. The summed E-state index contributed by atoms with van der Waals surface area (Å²) in [7, 11) is 3.29. The predicted molar refractivity (Wildman–Crippen MR) is 105 cm³/mol. The number of methoxy groups -OCH3 is 2. The third-order valence-corrected chi connectivity index (χ3v) is 3.80. The maximum atomic E-state index is 5.53. The Morgan fingerprint density at radius 1 is 1.04 bits per heavy atom. The topological polar surface area (TPSA) is 51.8 Å². The first-order valence-corrected chi connectivity index (χ1v) is 8.55. The van der Waals surface area contributed by atoms with Crippen molar-refractivity contribution in [3.8, 4) is 17.2 Å². The number of hydrogen-bond acceptors (Lipinski definition) is 4. The second-order valence-electron chi connectivity index (χ2n) is 5.28. The molecule has 0 atom stereocenters. The Labute approximate surface area is 154 Å². The second kappa shape index (κ2) is 9.74. The van der Waals surface area contributed by atoms with Crippen molar-refractivity contribution >= 4 is 23.0 Å². The fourth-order valence-electron chi connectivity index (χ4n) is 2.34. The van der Waals surface area contributed by atoms with Gasteiger partial charge in [-0.15, -0.1) is 0 Å². The Morgan fingerprint density at radius 2 is 1.88 bits per heavy atom. The first-order valence-electron chi connectivity index (χ1n) is 8.15. The van der Waals surface area contributed by atoms with Crippen LogP contribution in [0.15, 0.2) is 42.5 Å². The second-order valence-corrected chi connectivity index (χ2v) is 5.69. The van der Waals surface area contributed by atoms with Crippen LogP contribution in [-0.2, 0) is 6.42 Å². The number of benzene rings is 2. The molecule has 0 saturated heterocycles. The summed E-state index contributed by atoms with van der Waals surface area (Å²) in [6, 6.07) is 13.6. The SMILES string of the molecule is CCOc1ccc(CCNC(=S)Nc2cccc(OC)c2)cc1OC. The normalized spacial score (nSPS) is 10.0. The zero-order valence-corrected chi connectivity index (χ0v) is 15.6. The number of rotatable bonds is 8. The van der Waals surface area contributed by atoms with Crippen molar-refractivity contribution in [1.82, 2.24) is 5.32 Å². The lowest BCUT2D eigenvalue weighted by Gasteiger charge is -2.13. The van der Waals surface area contributed by atoms with E-state index in [1.165, 1.54) is 0 Å². The quantitative estimate of drug-likeness (QED) is 0.701. The van der Waals surface area contributed by atoms with E-state index in [-0.39, 0.29) is 0 Å². The third-order valence-electron chi connectivity index (χ3n) is 3.55. The lowest BCUT2D eigenvalue weighted by atomic mass is 10.1. The van der Waals surface area contributed by atoms with Crippen LogP contribution in [0.25, 0.3) is 0 Å². The Kier molecular flexibility index (Phi) is 7.35. The van der Waals surface area contributed by atoms with Crippen LogP contribution in [0.2, 0.25) is 0 Å². The van der Waals surface area contributed by atoms with Gasteiger partial charge in [-0.1, -0.05) is 12.1 Å². The highest BCUT2D eigenvalue weighted by Crippen LogP contribution is 2.28. The number of nitrogens with one attached hydrogen (secondary N) is 2. The smallest absolute Gasteiger partial charge is 0.170 e. The maximum Gasteiger partial charge on any atom is 0.170 e. The van der Waals surface area contributed by atoms with Gasteiger partial charge in [0.2, 0.25) is 0 Å². The molecular formula is C19H24N2O3S. The van der Waals surface area contributed by atoms with Gasteiger partial charge < -0.3 is 24.8 Å². The minimum atomic E-state index is 0.575. The fourth-order valence-corrected chi connectivity index (χ4v) is 2.56. The molecule has 0 aliphatic carbocycles. The molecular weight excluding hydrogens is 336 g/mol. The van der Waals surface area contributed by atoms with Gasteiger partial charge in [-0.05, 0) is 55.4 Å². The molecule has 2 aromatic carbocycles. The van der Waals surface area contributed by atoms with E-state index < -0.39 is 0 Å². The molecule has 134 valence electrons. The van der Waals surface area contributed by atoms with E-state index >= 15 is 0 Å². The summed E-state index contributed by atoms with van der Waals surface area (Å²) in [6.07, 6.45) is 0.822. The summed E-state index contributed by atoms with van der Waals surface area (Å²) < 4.78 is 16.1. The zero-order chi connectivity index (χ0) is 18.1. The summed E-state index contributed by atoms with van der Waals surface area (Å²) in [5.74, 6) is 2.29. The van der Waals surface area contributed by atoms with E-state index in [0.29, 0.717) is 18.3 Å². The molecule has 2 rings (SSSR count). The van der Waals surface area contributed by atoms with Crippen molar-refractivity contribution in [2.24, 2.45) is 0 Å². The van der Waals surface area contributed by atoms with Crippen LogP contribution < -0.4 is 24.8 Å². The van der Waals surface area contributed by atoms with E-state index in [1.807, 2.05) is 49.4 Å². The lowest BCUT2D eigenvalue weighted by molar-refractivity contribution is 0.310. The van der Waals surface area contributed by atoms with Gasteiger partial charge in [-0.3, -0.25) is 0 Å². The van der Waals surface area contributed by atoms with Gasteiger partial charge in [0, 0.05) is 18.3 Å². The summed E-state index contributed by atoms with van der Waals surface area (Å²) in [5, 5.41) is 6.92. The Balaban J connectivity index is 1.84. The van der Waals surface area contributed by atoms with Gasteiger partial charge >= 0.3 is 0 Å².